The van der Waals surface area contributed by atoms with Crippen molar-refractivity contribution in [3.8, 4) is 11.1 Å². The molecule has 0 radical (unpaired) electrons. The van der Waals surface area contributed by atoms with Gasteiger partial charge in [-0.25, -0.2) is 8.42 Å². The zero-order valence-electron chi connectivity index (χ0n) is 14.3. The molecule has 0 bridgehead atoms. The second-order valence-corrected chi connectivity index (χ2v) is 9.67. The molecule has 0 aliphatic carbocycles. The van der Waals surface area contributed by atoms with Crippen molar-refractivity contribution in [2.75, 3.05) is 19.3 Å². The van der Waals surface area contributed by atoms with Gasteiger partial charge in [-0.05, 0) is 48.2 Å². The van der Waals surface area contributed by atoms with Crippen molar-refractivity contribution in [2.24, 2.45) is 0 Å². The minimum absolute atomic E-state index is 0.0716. The molecule has 138 valence electrons. The standard InChI is InChI=1S/C19H19Cl2NO3S/c1-26(24,25)16-8-10-22(11-9-16)19(23)14-4-2-13(3-5-14)15-6-7-17(20)18(21)12-15/h2-7,12,16H,8-11H2,1H3. The highest BCUT2D eigenvalue weighted by Gasteiger charge is 2.29. The molecule has 0 spiro atoms. The predicted molar refractivity (Wildman–Crippen MR) is 106 cm³/mol. The Hall–Kier alpha value is -1.56. The van der Waals surface area contributed by atoms with E-state index < -0.39 is 9.84 Å². The Balaban J connectivity index is 1.70. The van der Waals surface area contributed by atoms with Crippen LogP contribution in [0.5, 0.6) is 0 Å². The van der Waals surface area contributed by atoms with Crippen molar-refractivity contribution in [2.45, 2.75) is 18.1 Å². The van der Waals surface area contributed by atoms with E-state index in [9.17, 15) is 13.2 Å². The van der Waals surface area contributed by atoms with E-state index in [1.807, 2.05) is 18.2 Å². The number of hydrogen-bond donors (Lipinski definition) is 0. The van der Waals surface area contributed by atoms with Crippen molar-refractivity contribution < 1.29 is 13.2 Å². The lowest BCUT2D eigenvalue weighted by Gasteiger charge is -2.31. The first-order valence-electron chi connectivity index (χ1n) is 8.29. The number of carbonyl (C=O) groups excluding carboxylic acids is 1. The van der Waals surface area contributed by atoms with E-state index in [1.165, 1.54) is 6.26 Å². The Bertz CT molecular complexity index is 918. The van der Waals surface area contributed by atoms with Gasteiger partial charge in [-0.3, -0.25) is 4.79 Å². The summed E-state index contributed by atoms with van der Waals surface area (Å²) in [6, 6.07) is 12.7. The van der Waals surface area contributed by atoms with Crippen molar-refractivity contribution in [3.05, 3.63) is 58.1 Å². The quantitative estimate of drug-likeness (QED) is 0.755. The molecule has 1 aliphatic rings. The Labute approximate surface area is 163 Å². The SMILES string of the molecule is CS(=O)(=O)C1CCN(C(=O)c2ccc(-c3ccc(Cl)c(Cl)c3)cc2)CC1. The fraction of sp³-hybridized carbons (Fsp3) is 0.316. The third kappa shape index (κ3) is 4.22. The van der Waals surface area contributed by atoms with Crippen molar-refractivity contribution in [1.29, 1.82) is 0 Å². The molecule has 1 fully saturated rings. The lowest BCUT2D eigenvalue weighted by atomic mass is 10.0. The summed E-state index contributed by atoms with van der Waals surface area (Å²) in [6.45, 7) is 0.927. The van der Waals surface area contributed by atoms with E-state index >= 15 is 0 Å². The van der Waals surface area contributed by atoms with Crippen LogP contribution < -0.4 is 0 Å². The molecule has 0 N–H and O–H groups in total. The third-order valence-corrected chi connectivity index (χ3v) is 7.14. The number of benzene rings is 2. The molecule has 2 aromatic carbocycles. The fourth-order valence-electron chi connectivity index (χ4n) is 3.15. The number of nitrogens with zero attached hydrogens (tertiary/aromatic N) is 1. The molecule has 1 amide bonds. The molecule has 3 rings (SSSR count). The van der Waals surface area contributed by atoms with Gasteiger partial charge in [0.05, 0.1) is 15.3 Å². The summed E-state index contributed by atoms with van der Waals surface area (Å²) < 4.78 is 23.3. The maximum absolute atomic E-state index is 12.6. The van der Waals surface area contributed by atoms with E-state index in [0.717, 1.165) is 11.1 Å². The summed E-state index contributed by atoms with van der Waals surface area (Å²) in [5, 5.41) is 0.640. The van der Waals surface area contributed by atoms with Crippen LogP contribution in [0.2, 0.25) is 10.0 Å². The Morgan fingerprint density at radius 2 is 1.54 bits per heavy atom. The number of sulfone groups is 1. The Kier molecular flexibility index (Phi) is 5.61. The fourth-order valence-corrected chi connectivity index (χ4v) is 4.52. The molecule has 1 aliphatic heterocycles. The first kappa shape index (κ1) is 19.2. The zero-order valence-corrected chi connectivity index (χ0v) is 16.6. The van der Waals surface area contributed by atoms with Crippen LogP contribution in [-0.4, -0.2) is 43.8 Å². The molecule has 1 saturated heterocycles. The third-order valence-electron chi connectivity index (χ3n) is 4.72. The Morgan fingerprint density at radius 3 is 2.08 bits per heavy atom. The summed E-state index contributed by atoms with van der Waals surface area (Å²) >= 11 is 12.0. The van der Waals surface area contributed by atoms with E-state index in [2.05, 4.69) is 0 Å². The van der Waals surface area contributed by atoms with Crippen LogP contribution in [0.15, 0.2) is 42.5 Å². The average Bonchev–Trinajstić information content (AvgIpc) is 2.63. The largest absolute Gasteiger partial charge is 0.339 e. The van der Waals surface area contributed by atoms with Crippen LogP contribution in [0.25, 0.3) is 11.1 Å². The first-order chi connectivity index (χ1) is 12.3. The van der Waals surface area contributed by atoms with Crippen molar-refractivity contribution in [1.82, 2.24) is 4.90 Å². The second-order valence-electron chi connectivity index (χ2n) is 6.53. The van der Waals surface area contributed by atoms with Crippen LogP contribution >= 0.6 is 23.2 Å². The van der Waals surface area contributed by atoms with Gasteiger partial charge in [0.2, 0.25) is 0 Å². The van der Waals surface area contributed by atoms with Gasteiger partial charge in [0, 0.05) is 24.9 Å². The number of halogens is 2. The molecule has 0 atom stereocenters. The molecule has 4 nitrogen and oxygen atoms in total. The van der Waals surface area contributed by atoms with Gasteiger partial charge in [0.25, 0.3) is 5.91 Å². The van der Waals surface area contributed by atoms with E-state index in [1.54, 1.807) is 29.2 Å². The van der Waals surface area contributed by atoms with Gasteiger partial charge in [-0.15, -0.1) is 0 Å². The molecule has 26 heavy (non-hydrogen) atoms. The lowest BCUT2D eigenvalue weighted by molar-refractivity contribution is 0.0726. The van der Waals surface area contributed by atoms with Gasteiger partial charge in [0.1, 0.15) is 9.84 Å². The summed E-state index contributed by atoms with van der Waals surface area (Å²) in [4.78, 5) is 14.4. The van der Waals surface area contributed by atoms with Crippen LogP contribution in [0, 0.1) is 0 Å². The van der Waals surface area contributed by atoms with E-state index in [4.69, 9.17) is 23.2 Å². The molecular weight excluding hydrogens is 393 g/mol. The van der Waals surface area contributed by atoms with Gasteiger partial charge < -0.3 is 4.90 Å². The van der Waals surface area contributed by atoms with Gasteiger partial charge in [0.15, 0.2) is 0 Å². The summed E-state index contributed by atoms with van der Waals surface area (Å²) in [5.74, 6) is -0.0716. The minimum atomic E-state index is -3.04. The molecule has 0 saturated carbocycles. The second kappa shape index (κ2) is 7.59. The van der Waals surface area contributed by atoms with Gasteiger partial charge in [-0.1, -0.05) is 41.4 Å². The van der Waals surface area contributed by atoms with Crippen molar-refractivity contribution >= 4 is 38.9 Å². The highest BCUT2D eigenvalue weighted by molar-refractivity contribution is 7.91. The molecule has 0 aromatic heterocycles. The summed E-state index contributed by atoms with van der Waals surface area (Å²) in [6.07, 6.45) is 2.24. The topological polar surface area (TPSA) is 54.5 Å². The van der Waals surface area contributed by atoms with E-state index in [-0.39, 0.29) is 11.2 Å². The smallest absolute Gasteiger partial charge is 0.253 e. The molecule has 7 heteroatoms. The molecule has 0 unspecified atom stereocenters. The molecule has 1 heterocycles. The number of piperidine rings is 1. The highest BCUT2D eigenvalue weighted by Crippen LogP contribution is 2.29. The first-order valence-corrected chi connectivity index (χ1v) is 11.0. The number of amides is 1. The maximum Gasteiger partial charge on any atom is 0.253 e. The minimum Gasteiger partial charge on any atom is -0.339 e. The summed E-state index contributed by atoms with van der Waals surface area (Å²) in [5.41, 5.74) is 2.45. The van der Waals surface area contributed by atoms with Crippen LogP contribution in [-0.2, 0) is 9.84 Å². The van der Waals surface area contributed by atoms with Crippen LogP contribution in [0.4, 0.5) is 0 Å². The van der Waals surface area contributed by atoms with Crippen molar-refractivity contribution in [3.63, 3.8) is 0 Å². The molecule has 2 aromatic rings. The van der Waals surface area contributed by atoms with Crippen LogP contribution in [0.1, 0.15) is 23.2 Å². The number of likely N-dealkylation sites (tertiary alicyclic amines) is 1. The zero-order chi connectivity index (χ0) is 18.9. The lowest BCUT2D eigenvalue weighted by Crippen LogP contribution is -2.42. The predicted octanol–water partition coefficient (Wildman–Crippen LogP) is 4.31. The maximum atomic E-state index is 12.6. The number of carbonyl (C=O) groups is 1. The van der Waals surface area contributed by atoms with Gasteiger partial charge in [-0.2, -0.15) is 0 Å². The number of rotatable bonds is 3. The summed E-state index contributed by atoms with van der Waals surface area (Å²) in [7, 11) is -3.04. The highest BCUT2D eigenvalue weighted by atomic mass is 35.5. The van der Waals surface area contributed by atoms with Gasteiger partial charge >= 0.3 is 0 Å². The normalized spacial score (nSPS) is 15.9. The monoisotopic (exact) mass is 411 g/mol. The number of hydrogen-bond acceptors (Lipinski definition) is 3. The van der Waals surface area contributed by atoms with E-state index in [0.29, 0.717) is 41.5 Å². The van der Waals surface area contributed by atoms with Crippen LogP contribution in [0.3, 0.4) is 0 Å². The average molecular weight is 412 g/mol. The Morgan fingerprint density at radius 1 is 0.962 bits per heavy atom. The molecular formula is C19H19Cl2NO3S.